The number of para-hydroxylation sites is 1. The Balaban J connectivity index is 1.81. The third-order valence-electron chi connectivity index (χ3n) is 4.09. The van der Waals surface area contributed by atoms with Gasteiger partial charge in [0.25, 0.3) is 5.91 Å². The van der Waals surface area contributed by atoms with Gasteiger partial charge in [0.1, 0.15) is 11.3 Å². The van der Waals surface area contributed by atoms with Crippen LogP contribution in [-0.2, 0) is 24.8 Å². The molecule has 0 bridgehead atoms. The average Bonchev–Trinajstić information content (AvgIpc) is 2.89. The van der Waals surface area contributed by atoms with Gasteiger partial charge in [0.05, 0.1) is 12.2 Å². The number of aryl methyl sites for hydroxylation is 1. The van der Waals surface area contributed by atoms with Crippen LogP contribution < -0.4 is 5.32 Å². The zero-order chi connectivity index (χ0) is 18.9. The molecule has 26 heavy (non-hydrogen) atoms. The van der Waals surface area contributed by atoms with Gasteiger partial charge in [-0.2, -0.15) is 5.10 Å². The van der Waals surface area contributed by atoms with Gasteiger partial charge in [-0.25, -0.2) is 4.79 Å². The lowest BCUT2D eigenvalue weighted by atomic mass is 10.1. The zero-order valence-electron chi connectivity index (χ0n) is 15.6. The molecule has 0 saturated carbocycles. The van der Waals surface area contributed by atoms with Crippen LogP contribution >= 0.6 is 0 Å². The number of hydrogen-bond donors (Lipinski definition) is 1. The molecule has 0 spiro atoms. The van der Waals surface area contributed by atoms with Crippen molar-refractivity contribution in [3.8, 4) is 0 Å². The number of aromatic nitrogens is 2. The van der Waals surface area contributed by atoms with Gasteiger partial charge >= 0.3 is 6.09 Å². The van der Waals surface area contributed by atoms with Crippen LogP contribution in [0.1, 0.15) is 42.5 Å². The largest absolute Gasteiger partial charge is 0.444 e. The first-order valence-electron chi connectivity index (χ1n) is 8.63. The van der Waals surface area contributed by atoms with E-state index in [2.05, 4.69) is 10.4 Å². The van der Waals surface area contributed by atoms with E-state index in [1.807, 2.05) is 51.1 Å². The number of carbonyl (C=O) groups excluding carboxylic acids is 2. The molecule has 0 aliphatic carbocycles. The Bertz CT molecular complexity index is 821. The van der Waals surface area contributed by atoms with Crippen molar-refractivity contribution in [3.63, 3.8) is 0 Å². The van der Waals surface area contributed by atoms with Crippen molar-refractivity contribution in [2.24, 2.45) is 7.05 Å². The number of amides is 2. The third-order valence-corrected chi connectivity index (χ3v) is 4.09. The van der Waals surface area contributed by atoms with Gasteiger partial charge in [-0.3, -0.25) is 9.48 Å². The molecule has 0 unspecified atom stereocenters. The minimum Gasteiger partial charge on any atom is -0.444 e. The van der Waals surface area contributed by atoms with Gasteiger partial charge in [0.2, 0.25) is 0 Å². The van der Waals surface area contributed by atoms with E-state index < -0.39 is 5.60 Å². The highest BCUT2D eigenvalue weighted by Gasteiger charge is 2.31. The Labute approximate surface area is 152 Å². The summed E-state index contributed by atoms with van der Waals surface area (Å²) < 4.78 is 7.04. The van der Waals surface area contributed by atoms with Gasteiger partial charge in [-0.05, 0) is 32.9 Å². The minimum absolute atomic E-state index is 0.238. The molecule has 1 N–H and O–H groups in total. The second kappa shape index (κ2) is 6.82. The second-order valence-electron chi connectivity index (χ2n) is 7.37. The molecule has 1 aliphatic heterocycles. The van der Waals surface area contributed by atoms with Crippen molar-refractivity contribution in [2.45, 2.75) is 39.3 Å². The summed E-state index contributed by atoms with van der Waals surface area (Å²) >= 11 is 0. The smallest absolute Gasteiger partial charge is 0.410 e. The average molecular weight is 356 g/mol. The Hall–Kier alpha value is -2.83. The fourth-order valence-corrected chi connectivity index (χ4v) is 2.98. The molecule has 7 heteroatoms. The van der Waals surface area contributed by atoms with Crippen LogP contribution in [0, 0.1) is 0 Å². The first kappa shape index (κ1) is 18.0. The van der Waals surface area contributed by atoms with Crippen LogP contribution in [0.3, 0.4) is 0 Å². The Morgan fingerprint density at radius 2 is 1.88 bits per heavy atom. The maximum Gasteiger partial charge on any atom is 0.410 e. The molecule has 1 aliphatic rings. The maximum absolute atomic E-state index is 12.8. The zero-order valence-corrected chi connectivity index (χ0v) is 15.6. The first-order chi connectivity index (χ1) is 12.2. The predicted molar refractivity (Wildman–Crippen MR) is 98.0 cm³/mol. The summed E-state index contributed by atoms with van der Waals surface area (Å²) in [6.07, 6.45) is 0.225. The van der Waals surface area contributed by atoms with Gasteiger partial charge in [-0.15, -0.1) is 0 Å². The number of anilines is 1. The van der Waals surface area contributed by atoms with E-state index in [0.717, 1.165) is 11.3 Å². The summed E-state index contributed by atoms with van der Waals surface area (Å²) in [5.74, 6) is -0.238. The van der Waals surface area contributed by atoms with Crippen molar-refractivity contribution in [1.29, 1.82) is 0 Å². The lowest BCUT2D eigenvalue weighted by molar-refractivity contribution is 0.0222. The topological polar surface area (TPSA) is 76.5 Å². The number of fused-ring (bicyclic) bond motifs is 1. The molecule has 7 nitrogen and oxygen atoms in total. The van der Waals surface area contributed by atoms with Gasteiger partial charge in [-0.1, -0.05) is 18.2 Å². The van der Waals surface area contributed by atoms with E-state index in [1.165, 1.54) is 0 Å². The molecule has 0 radical (unpaired) electrons. The molecule has 138 valence electrons. The number of benzene rings is 1. The fraction of sp³-hybridized carbons (Fsp3) is 0.421. The maximum atomic E-state index is 12.8. The standard InChI is InChI=1S/C19H24N4O3/c1-19(2,3)26-18(25)23-11-10-15-14(12-23)16(22(4)21-15)17(24)20-13-8-6-5-7-9-13/h5-9H,10-12H2,1-4H3,(H,20,24). The molecule has 1 aromatic heterocycles. The normalized spacial score (nSPS) is 13.9. The van der Waals surface area contributed by atoms with E-state index in [0.29, 0.717) is 30.9 Å². The lowest BCUT2D eigenvalue weighted by Crippen LogP contribution is -2.40. The summed E-state index contributed by atoms with van der Waals surface area (Å²) in [7, 11) is 1.75. The fourth-order valence-electron chi connectivity index (χ4n) is 2.98. The minimum atomic E-state index is -0.556. The van der Waals surface area contributed by atoms with Crippen LogP contribution in [0.15, 0.2) is 30.3 Å². The number of hydrogen-bond acceptors (Lipinski definition) is 4. The van der Waals surface area contributed by atoms with Crippen LogP contribution in [0.4, 0.5) is 10.5 Å². The number of carbonyl (C=O) groups is 2. The summed E-state index contributed by atoms with van der Waals surface area (Å²) in [6, 6.07) is 9.26. The molecule has 2 heterocycles. The SMILES string of the molecule is Cn1nc2c(c1C(=O)Nc1ccccc1)CN(C(=O)OC(C)(C)C)CC2. The molecule has 0 saturated heterocycles. The predicted octanol–water partition coefficient (Wildman–Crippen LogP) is 2.97. The van der Waals surface area contributed by atoms with E-state index in [1.54, 1.807) is 16.6 Å². The Kier molecular flexibility index (Phi) is 4.71. The van der Waals surface area contributed by atoms with Crippen molar-refractivity contribution in [1.82, 2.24) is 14.7 Å². The quantitative estimate of drug-likeness (QED) is 0.897. The molecule has 3 rings (SSSR count). The third kappa shape index (κ3) is 3.87. The summed E-state index contributed by atoms with van der Waals surface area (Å²) in [5.41, 5.74) is 2.26. The van der Waals surface area contributed by atoms with E-state index in [9.17, 15) is 9.59 Å². The van der Waals surface area contributed by atoms with Crippen LogP contribution in [0.2, 0.25) is 0 Å². The highest BCUT2D eigenvalue weighted by atomic mass is 16.6. The van der Waals surface area contributed by atoms with Crippen LogP contribution in [0.25, 0.3) is 0 Å². The highest BCUT2D eigenvalue weighted by molar-refractivity contribution is 6.04. The van der Waals surface area contributed by atoms with Crippen LogP contribution in [0.5, 0.6) is 0 Å². The second-order valence-corrected chi connectivity index (χ2v) is 7.37. The van der Waals surface area contributed by atoms with Crippen molar-refractivity contribution in [3.05, 3.63) is 47.3 Å². The van der Waals surface area contributed by atoms with Gasteiger partial charge in [0, 0.05) is 31.3 Å². The molecule has 2 amide bonds. The van der Waals surface area contributed by atoms with E-state index in [-0.39, 0.29) is 12.0 Å². The van der Waals surface area contributed by atoms with Crippen molar-refractivity contribution in [2.75, 3.05) is 11.9 Å². The Morgan fingerprint density at radius 1 is 1.19 bits per heavy atom. The summed E-state index contributed by atoms with van der Waals surface area (Å²) in [4.78, 5) is 26.8. The molecule has 1 aromatic carbocycles. The van der Waals surface area contributed by atoms with Gasteiger partial charge in [0.15, 0.2) is 0 Å². The highest BCUT2D eigenvalue weighted by Crippen LogP contribution is 2.24. The molecular formula is C19H24N4O3. The monoisotopic (exact) mass is 356 g/mol. The van der Waals surface area contributed by atoms with Crippen molar-refractivity contribution < 1.29 is 14.3 Å². The Morgan fingerprint density at radius 3 is 2.54 bits per heavy atom. The molecule has 0 atom stereocenters. The first-order valence-corrected chi connectivity index (χ1v) is 8.63. The molecular weight excluding hydrogens is 332 g/mol. The van der Waals surface area contributed by atoms with Crippen molar-refractivity contribution >= 4 is 17.7 Å². The lowest BCUT2D eigenvalue weighted by Gasteiger charge is -2.29. The molecule has 2 aromatic rings. The molecule has 0 fully saturated rings. The number of nitrogens with one attached hydrogen (secondary N) is 1. The van der Waals surface area contributed by atoms with E-state index >= 15 is 0 Å². The summed E-state index contributed by atoms with van der Waals surface area (Å²) in [6.45, 7) is 6.35. The van der Waals surface area contributed by atoms with E-state index in [4.69, 9.17) is 4.74 Å². The number of nitrogens with zero attached hydrogens (tertiary/aromatic N) is 3. The number of ether oxygens (including phenoxy) is 1. The summed E-state index contributed by atoms with van der Waals surface area (Å²) in [5, 5.41) is 7.34. The van der Waals surface area contributed by atoms with Crippen LogP contribution in [-0.4, -0.2) is 38.8 Å². The number of rotatable bonds is 2. The van der Waals surface area contributed by atoms with Gasteiger partial charge < -0.3 is 15.0 Å².